The minimum absolute atomic E-state index is 0.0299. The van der Waals surface area contributed by atoms with E-state index < -0.39 is 120 Å². The van der Waals surface area contributed by atoms with Gasteiger partial charge in [-0.3, -0.25) is 19.2 Å². The van der Waals surface area contributed by atoms with Crippen LogP contribution in [0.15, 0.2) is 0 Å². The molecule has 0 bridgehead atoms. The highest BCUT2D eigenvalue weighted by Crippen LogP contribution is 2.66. The number of esters is 1. The first-order valence-electron chi connectivity index (χ1n) is 17.0. The van der Waals surface area contributed by atoms with Crippen molar-refractivity contribution in [3.8, 4) is 0 Å². The van der Waals surface area contributed by atoms with Crippen molar-refractivity contribution in [1.29, 1.82) is 0 Å². The third-order valence-corrected chi connectivity index (χ3v) is 11.9. The summed E-state index contributed by atoms with van der Waals surface area (Å²) in [5, 5.41) is 6.34. The van der Waals surface area contributed by atoms with E-state index in [0.717, 1.165) is 17.7 Å². The van der Waals surface area contributed by atoms with Gasteiger partial charge in [-0.05, 0) is 74.0 Å². The van der Waals surface area contributed by atoms with Crippen molar-refractivity contribution in [3.63, 3.8) is 0 Å². The van der Waals surface area contributed by atoms with Crippen molar-refractivity contribution >= 4 is 35.5 Å². The second-order valence-corrected chi connectivity index (χ2v) is 15.7. The molecule has 50 heavy (non-hydrogen) atoms. The number of nitrogens with two attached hydrogens (primary N) is 1. The molecule has 18 heteroatoms. The van der Waals surface area contributed by atoms with E-state index >= 15 is 0 Å². The summed E-state index contributed by atoms with van der Waals surface area (Å²) in [5.41, 5.74) is -0.805. The highest BCUT2D eigenvalue weighted by molar-refractivity contribution is 6.37. The monoisotopic (exact) mass is 721 g/mol. The van der Waals surface area contributed by atoms with Crippen LogP contribution >= 0.6 is 0 Å². The molecular formula is C32H41F6N5O7. The number of ether oxygens (including phenoxy) is 1. The Balaban J connectivity index is 1.25. The van der Waals surface area contributed by atoms with E-state index in [1.165, 1.54) is 0 Å². The molecule has 6 fully saturated rings. The van der Waals surface area contributed by atoms with E-state index in [4.69, 9.17) is 10.5 Å². The first-order valence-corrected chi connectivity index (χ1v) is 17.0. The number of amides is 5. The number of primary amides is 1. The lowest BCUT2D eigenvalue weighted by atomic mass is 9.92. The maximum Gasteiger partial charge on any atom is 0.397 e. The summed E-state index contributed by atoms with van der Waals surface area (Å²) in [6.07, 6.45) is -9.22. The van der Waals surface area contributed by atoms with Crippen LogP contribution in [-0.4, -0.2) is 90.1 Å². The average Bonchev–Trinajstić information content (AvgIpc) is 3.81. The van der Waals surface area contributed by atoms with E-state index in [9.17, 15) is 55.1 Å². The zero-order chi connectivity index (χ0) is 36.8. The second kappa shape index (κ2) is 12.0. The largest absolute Gasteiger partial charge is 0.464 e. The summed E-state index contributed by atoms with van der Waals surface area (Å²) < 4.78 is 91.1. The summed E-state index contributed by atoms with van der Waals surface area (Å²) >= 11 is 0. The average molecular weight is 722 g/mol. The molecule has 5 saturated carbocycles. The van der Waals surface area contributed by atoms with Gasteiger partial charge in [-0.25, -0.2) is 9.59 Å². The Morgan fingerprint density at radius 3 is 1.82 bits per heavy atom. The number of Topliss-reactive ketones (excluding diaryl/α,β-unsaturated/α-hetero) is 1. The van der Waals surface area contributed by atoms with Gasteiger partial charge in [-0.1, -0.05) is 26.7 Å². The Bertz CT molecular complexity index is 1470. The Morgan fingerprint density at radius 1 is 0.820 bits per heavy atom. The second-order valence-electron chi connectivity index (χ2n) is 15.7. The number of likely N-dealkylation sites (tertiary alicyclic amines) is 1. The van der Waals surface area contributed by atoms with Crippen molar-refractivity contribution in [3.05, 3.63) is 0 Å². The normalized spacial score (nSPS) is 28.6. The Kier molecular flexibility index (Phi) is 8.68. The smallest absolute Gasteiger partial charge is 0.397 e. The van der Waals surface area contributed by atoms with E-state index in [2.05, 4.69) is 5.32 Å². The molecule has 5 N–H and O–H groups in total. The SMILES string of the molecule is CC1(C)[C@@H]2[C@@H](C(=O)NC(CC3CC3)C(=O)C(N)=O)N(C(=O)[C@@H](NC(=O)N[C@H](C(=O)OCC3CC3)C3(C(F)(F)F)CC3)C3(C(F)(F)F)CC3)C[C@@H]21. The van der Waals surface area contributed by atoms with Crippen LogP contribution in [-0.2, 0) is 28.7 Å². The summed E-state index contributed by atoms with van der Waals surface area (Å²) in [4.78, 5) is 79.4. The van der Waals surface area contributed by atoms with Gasteiger partial charge in [0, 0.05) is 6.54 Å². The molecule has 1 heterocycles. The molecule has 1 unspecified atom stereocenters. The highest BCUT2D eigenvalue weighted by atomic mass is 19.4. The maximum atomic E-state index is 14.6. The molecule has 1 saturated heterocycles. The molecular weight excluding hydrogens is 680 g/mol. The lowest BCUT2D eigenvalue weighted by Gasteiger charge is -2.37. The fraction of sp³-hybridized carbons (Fsp3) is 0.812. The molecule has 6 rings (SSSR count). The predicted octanol–water partition coefficient (Wildman–Crippen LogP) is 2.48. The van der Waals surface area contributed by atoms with Crippen LogP contribution in [0.5, 0.6) is 0 Å². The number of urea groups is 1. The number of hydrogen-bond acceptors (Lipinski definition) is 7. The van der Waals surface area contributed by atoms with Crippen molar-refractivity contribution in [2.45, 2.75) is 108 Å². The number of piperidine rings is 1. The molecule has 5 amide bonds. The van der Waals surface area contributed by atoms with Gasteiger partial charge in [0.1, 0.15) is 18.1 Å². The van der Waals surface area contributed by atoms with Gasteiger partial charge in [-0.2, -0.15) is 26.3 Å². The standard InChI is InChI=1S/C32H41F6N5O7/c1-28(2)16-12-43(19(18(16)28)24(46)40-17(11-14-3-4-14)20(44)23(39)45)25(47)21(29(7-8-29)31(33,34)35)41-27(49)42-22(26(48)50-13-15-5-6-15)30(9-10-30)32(36,37)38/h14-19,21-22H,3-13H2,1-2H3,(H2,39,45)(H,40,46)(H2,41,42,49)/t16-,17?,18-,19-,21+,22+/m0/s1. The Labute approximate surface area is 283 Å². The van der Waals surface area contributed by atoms with Gasteiger partial charge >= 0.3 is 24.4 Å². The van der Waals surface area contributed by atoms with Crippen LogP contribution in [0.3, 0.4) is 0 Å². The number of carbonyl (C=O) groups excluding carboxylic acids is 6. The number of halogens is 6. The zero-order valence-corrected chi connectivity index (χ0v) is 27.5. The van der Waals surface area contributed by atoms with Gasteiger partial charge in [0.15, 0.2) is 0 Å². The van der Waals surface area contributed by atoms with Crippen LogP contribution < -0.4 is 21.7 Å². The van der Waals surface area contributed by atoms with E-state index in [0.29, 0.717) is 12.8 Å². The third kappa shape index (κ3) is 6.50. The predicted molar refractivity (Wildman–Crippen MR) is 158 cm³/mol. The number of carbonyl (C=O) groups is 6. The van der Waals surface area contributed by atoms with Gasteiger partial charge in [0.25, 0.3) is 5.91 Å². The first kappa shape index (κ1) is 36.2. The molecule has 278 valence electrons. The fourth-order valence-electron chi connectivity index (χ4n) is 7.80. The van der Waals surface area contributed by atoms with Crippen LogP contribution in [0.4, 0.5) is 31.1 Å². The van der Waals surface area contributed by atoms with Crippen molar-refractivity contribution in [2.75, 3.05) is 13.2 Å². The quantitative estimate of drug-likeness (QED) is 0.121. The number of nitrogens with zero attached hydrogens (tertiary/aromatic N) is 1. The van der Waals surface area contributed by atoms with Gasteiger partial charge in [0.05, 0.1) is 23.5 Å². The molecule has 1 aliphatic heterocycles. The van der Waals surface area contributed by atoms with E-state index in [-0.39, 0.29) is 37.3 Å². The Morgan fingerprint density at radius 2 is 1.34 bits per heavy atom. The van der Waals surface area contributed by atoms with Crippen LogP contribution in [0.1, 0.15) is 71.6 Å². The summed E-state index contributed by atoms with van der Waals surface area (Å²) in [6, 6.07) is -8.94. The number of fused-ring (bicyclic) bond motifs is 1. The molecule has 0 aromatic heterocycles. The van der Waals surface area contributed by atoms with Gasteiger partial charge < -0.3 is 31.3 Å². The zero-order valence-electron chi connectivity index (χ0n) is 27.5. The first-order chi connectivity index (χ1) is 23.1. The van der Waals surface area contributed by atoms with Crippen molar-refractivity contribution < 1.29 is 59.8 Å². The minimum Gasteiger partial charge on any atom is -0.464 e. The lowest BCUT2D eigenvalue weighted by molar-refractivity contribution is -0.202. The number of alkyl halides is 6. The number of rotatable bonds is 14. The van der Waals surface area contributed by atoms with E-state index in [1.807, 2.05) is 10.6 Å². The van der Waals surface area contributed by atoms with Crippen LogP contribution in [0.2, 0.25) is 0 Å². The molecule has 5 aliphatic carbocycles. The van der Waals surface area contributed by atoms with Crippen LogP contribution in [0.25, 0.3) is 0 Å². The minimum atomic E-state index is -5.05. The highest BCUT2D eigenvalue weighted by Gasteiger charge is 2.74. The van der Waals surface area contributed by atoms with Crippen molar-refractivity contribution in [2.24, 2.45) is 45.7 Å². The van der Waals surface area contributed by atoms with Crippen molar-refractivity contribution in [1.82, 2.24) is 20.9 Å². The Hall–Kier alpha value is -3.60. The molecule has 0 aromatic rings. The number of ketones is 1. The number of hydrogen-bond donors (Lipinski definition) is 4. The summed E-state index contributed by atoms with van der Waals surface area (Å²) in [7, 11) is 0. The third-order valence-electron chi connectivity index (χ3n) is 11.9. The van der Waals surface area contributed by atoms with Crippen LogP contribution in [0, 0.1) is 39.9 Å². The summed E-state index contributed by atoms with van der Waals surface area (Å²) in [5.74, 6) is -6.76. The van der Waals surface area contributed by atoms with Gasteiger partial charge in [-0.15, -0.1) is 0 Å². The molecule has 6 aliphatic rings. The topological polar surface area (TPSA) is 177 Å². The number of nitrogens with one attached hydrogen (secondary N) is 3. The summed E-state index contributed by atoms with van der Waals surface area (Å²) in [6.45, 7) is 3.26. The molecule has 0 radical (unpaired) electrons. The molecule has 0 aromatic carbocycles. The van der Waals surface area contributed by atoms with Gasteiger partial charge in [0.2, 0.25) is 17.6 Å². The van der Waals surface area contributed by atoms with E-state index in [1.54, 1.807) is 13.8 Å². The fourth-order valence-corrected chi connectivity index (χ4v) is 7.80. The lowest BCUT2D eigenvalue weighted by Crippen LogP contribution is -2.64. The molecule has 12 nitrogen and oxygen atoms in total. The maximum absolute atomic E-state index is 14.6. The molecule has 0 spiro atoms. The molecule has 6 atom stereocenters.